The molecule has 64 valence electrons. The summed E-state index contributed by atoms with van der Waals surface area (Å²) in [6, 6.07) is 13.4. The minimum absolute atomic E-state index is 0.284. The van der Waals surface area contributed by atoms with Gasteiger partial charge in [-0.1, -0.05) is 18.2 Å². The molecule has 2 nitrogen and oxygen atoms in total. The van der Waals surface area contributed by atoms with Gasteiger partial charge < -0.3 is 0 Å². The molecule has 0 fully saturated rings. The van der Waals surface area contributed by atoms with Gasteiger partial charge in [0.1, 0.15) is 12.1 Å². The number of rotatable bonds is 1. The van der Waals surface area contributed by atoms with E-state index in [4.69, 9.17) is 10.5 Å². The van der Waals surface area contributed by atoms with Crippen LogP contribution in [0.2, 0.25) is 0 Å². The van der Waals surface area contributed by atoms with Gasteiger partial charge in [0.15, 0.2) is 4.86 Å². The van der Waals surface area contributed by atoms with Crippen molar-refractivity contribution in [1.82, 2.24) is 0 Å². The number of hydrogen-bond donors (Lipinski definition) is 0. The van der Waals surface area contributed by atoms with Crippen molar-refractivity contribution in [1.29, 1.82) is 10.5 Å². The molecule has 1 atom stereocenters. The summed E-state index contributed by atoms with van der Waals surface area (Å²) in [6.45, 7) is 0. The third-order valence-corrected chi connectivity index (χ3v) is 3.38. The third kappa shape index (κ3) is 2.18. The summed E-state index contributed by atoms with van der Waals surface area (Å²) in [7, 11) is -0.377. The van der Waals surface area contributed by atoms with Crippen LogP contribution in [0.1, 0.15) is 0 Å². The zero-order chi connectivity index (χ0) is 9.68. The van der Waals surface area contributed by atoms with E-state index in [2.05, 4.69) is 0 Å². The molecule has 1 unspecified atom stereocenters. The van der Waals surface area contributed by atoms with Crippen molar-refractivity contribution >= 4 is 15.3 Å². The van der Waals surface area contributed by atoms with Crippen molar-refractivity contribution in [3.05, 3.63) is 30.3 Å². The van der Waals surface area contributed by atoms with Crippen molar-refractivity contribution in [2.75, 3.05) is 6.26 Å². The molecule has 0 saturated heterocycles. The minimum Gasteiger partial charge on any atom is -0.191 e. The summed E-state index contributed by atoms with van der Waals surface area (Å²) in [5, 5.41) is 17.3. The lowest BCUT2D eigenvalue weighted by Crippen LogP contribution is -1.89. The smallest absolute Gasteiger partial charge is 0.157 e. The Bertz CT molecular complexity index is 391. The van der Waals surface area contributed by atoms with E-state index in [1.807, 2.05) is 48.7 Å². The Morgan fingerprint density at radius 2 is 1.69 bits per heavy atom. The van der Waals surface area contributed by atoms with Gasteiger partial charge in [0.2, 0.25) is 0 Å². The summed E-state index contributed by atoms with van der Waals surface area (Å²) in [4.78, 5) is 1.31. The molecule has 0 spiro atoms. The normalized spacial score (nSPS) is 11.0. The highest BCUT2D eigenvalue weighted by molar-refractivity contribution is 8.16. The van der Waals surface area contributed by atoms with E-state index in [9.17, 15) is 0 Å². The quantitative estimate of drug-likeness (QED) is 0.634. The highest BCUT2D eigenvalue weighted by Crippen LogP contribution is 2.23. The van der Waals surface area contributed by atoms with Gasteiger partial charge in [0, 0.05) is 4.90 Å². The number of hydrogen-bond acceptors (Lipinski definition) is 2. The Morgan fingerprint density at radius 3 is 2.15 bits per heavy atom. The van der Waals surface area contributed by atoms with E-state index in [0.29, 0.717) is 0 Å². The number of nitrogens with zero attached hydrogens (tertiary/aromatic N) is 2. The molecule has 3 heteroatoms. The van der Waals surface area contributed by atoms with Gasteiger partial charge in [-0.05, 0) is 18.4 Å². The van der Waals surface area contributed by atoms with Gasteiger partial charge in [-0.2, -0.15) is 10.5 Å². The Labute approximate surface area is 80.0 Å². The average molecular weight is 188 g/mol. The van der Waals surface area contributed by atoms with E-state index in [1.165, 1.54) is 0 Å². The van der Waals surface area contributed by atoms with Crippen molar-refractivity contribution in [3.8, 4) is 12.1 Å². The van der Waals surface area contributed by atoms with E-state index in [1.54, 1.807) is 0 Å². The van der Waals surface area contributed by atoms with Crippen molar-refractivity contribution < 1.29 is 0 Å². The lowest BCUT2D eigenvalue weighted by atomic mass is 10.4. The molecule has 1 aromatic carbocycles. The first-order valence-corrected chi connectivity index (χ1v) is 5.31. The zero-order valence-corrected chi connectivity index (χ0v) is 8.01. The maximum absolute atomic E-state index is 8.66. The minimum atomic E-state index is -0.377. The van der Waals surface area contributed by atoms with E-state index in [0.717, 1.165) is 4.90 Å². The van der Waals surface area contributed by atoms with Crippen LogP contribution in [0.4, 0.5) is 0 Å². The lowest BCUT2D eigenvalue weighted by Gasteiger charge is -2.00. The van der Waals surface area contributed by atoms with Gasteiger partial charge >= 0.3 is 0 Å². The summed E-state index contributed by atoms with van der Waals surface area (Å²) in [6.07, 6.45) is 1.89. The zero-order valence-electron chi connectivity index (χ0n) is 7.19. The molecule has 0 aromatic heterocycles. The topological polar surface area (TPSA) is 47.6 Å². The van der Waals surface area contributed by atoms with Crippen LogP contribution in [0.25, 0.3) is 0 Å². The van der Waals surface area contributed by atoms with Crippen LogP contribution in [0, 0.1) is 22.7 Å². The molecule has 0 saturated carbocycles. The van der Waals surface area contributed by atoms with Crippen LogP contribution >= 0.6 is 10.5 Å². The predicted molar refractivity (Wildman–Crippen MR) is 54.5 cm³/mol. The van der Waals surface area contributed by atoms with Gasteiger partial charge in [-0.15, -0.1) is 10.5 Å². The number of nitriles is 2. The van der Waals surface area contributed by atoms with Gasteiger partial charge in [0.25, 0.3) is 0 Å². The number of benzene rings is 1. The standard InChI is InChI=1S/C10H8N2S/c1-13(10(7-11)8-12)9-5-3-2-4-6-9/h2-6H,1H3. The molecule has 0 heterocycles. The first-order valence-electron chi connectivity index (χ1n) is 3.67. The summed E-state index contributed by atoms with van der Waals surface area (Å²) >= 11 is 0. The Kier molecular flexibility index (Phi) is 3.25. The molecule has 1 aromatic rings. The fourth-order valence-corrected chi connectivity index (χ4v) is 1.98. The van der Waals surface area contributed by atoms with Gasteiger partial charge in [-0.25, -0.2) is 0 Å². The van der Waals surface area contributed by atoms with Crippen molar-refractivity contribution in [2.24, 2.45) is 0 Å². The van der Waals surface area contributed by atoms with Crippen LogP contribution in [-0.2, 0) is 0 Å². The largest absolute Gasteiger partial charge is 0.191 e. The molecule has 0 bridgehead atoms. The molecule has 0 amide bonds. The highest BCUT2D eigenvalue weighted by Gasteiger charge is 2.00. The van der Waals surface area contributed by atoms with Crippen LogP contribution < -0.4 is 0 Å². The SMILES string of the molecule is CS(=C(C#N)C#N)c1ccccc1. The van der Waals surface area contributed by atoms with E-state index < -0.39 is 0 Å². The van der Waals surface area contributed by atoms with E-state index >= 15 is 0 Å². The van der Waals surface area contributed by atoms with Crippen LogP contribution in [0.15, 0.2) is 35.2 Å². The molecule has 0 N–H and O–H groups in total. The van der Waals surface area contributed by atoms with Crippen LogP contribution in [0.3, 0.4) is 0 Å². The molecule has 0 aliphatic rings. The molecule has 13 heavy (non-hydrogen) atoms. The second-order valence-corrected chi connectivity index (χ2v) is 4.28. The summed E-state index contributed by atoms with van der Waals surface area (Å²) in [5.74, 6) is 0. The van der Waals surface area contributed by atoms with Crippen molar-refractivity contribution in [3.63, 3.8) is 0 Å². The molecule has 1 rings (SSSR count). The first-order chi connectivity index (χ1) is 6.29. The summed E-state index contributed by atoms with van der Waals surface area (Å²) in [5.41, 5.74) is 0. The second-order valence-electron chi connectivity index (χ2n) is 2.38. The molecular weight excluding hydrogens is 180 g/mol. The molecule has 0 aliphatic heterocycles. The third-order valence-electron chi connectivity index (χ3n) is 1.61. The first kappa shape index (κ1) is 9.51. The fraction of sp³-hybridized carbons (Fsp3) is 0.100. The Morgan fingerprint density at radius 1 is 1.15 bits per heavy atom. The molecular formula is C10H8N2S. The average Bonchev–Trinajstić information content (AvgIpc) is 2.21. The monoisotopic (exact) mass is 188 g/mol. The van der Waals surface area contributed by atoms with E-state index in [-0.39, 0.29) is 15.3 Å². The van der Waals surface area contributed by atoms with Gasteiger partial charge in [0.05, 0.1) is 0 Å². The highest BCUT2D eigenvalue weighted by atomic mass is 32.2. The molecule has 0 radical (unpaired) electrons. The summed E-state index contributed by atoms with van der Waals surface area (Å²) < 4.78 is 0. The molecule has 0 aliphatic carbocycles. The maximum atomic E-state index is 8.66. The second kappa shape index (κ2) is 4.45. The predicted octanol–water partition coefficient (Wildman–Crippen LogP) is 2.16. The van der Waals surface area contributed by atoms with Crippen molar-refractivity contribution in [2.45, 2.75) is 4.90 Å². The van der Waals surface area contributed by atoms with Gasteiger partial charge in [-0.3, -0.25) is 0 Å². The fourth-order valence-electron chi connectivity index (χ4n) is 0.904. The van der Waals surface area contributed by atoms with Crippen LogP contribution in [0.5, 0.6) is 0 Å². The van der Waals surface area contributed by atoms with Crippen LogP contribution in [-0.4, -0.2) is 11.1 Å². The Balaban J connectivity index is 3.21. The lowest BCUT2D eigenvalue weighted by molar-refractivity contribution is 1.47. The maximum Gasteiger partial charge on any atom is 0.157 e. The Hall–Kier alpha value is -1.58.